The Morgan fingerprint density at radius 1 is 1.53 bits per heavy atom. The highest BCUT2D eigenvalue weighted by atomic mass is 16.7. The van der Waals surface area contributed by atoms with Gasteiger partial charge in [-0.2, -0.15) is 0 Å². The van der Waals surface area contributed by atoms with Crippen molar-refractivity contribution in [3.8, 4) is 0 Å². The number of hydrogen-bond acceptors (Lipinski definition) is 4. The van der Waals surface area contributed by atoms with Crippen LogP contribution in [0, 0.1) is 0 Å². The molecule has 1 aliphatic rings. The van der Waals surface area contributed by atoms with Gasteiger partial charge in [-0.05, 0) is 32.3 Å². The molecule has 1 fully saturated rings. The summed E-state index contributed by atoms with van der Waals surface area (Å²) in [5.41, 5.74) is 0.954. The first-order valence-electron chi connectivity index (χ1n) is 6.84. The van der Waals surface area contributed by atoms with E-state index >= 15 is 0 Å². The second-order valence-corrected chi connectivity index (χ2v) is 5.00. The molecule has 5 nitrogen and oxygen atoms in total. The molecule has 2 aromatic rings. The molecule has 0 bridgehead atoms. The summed E-state index contributed by atoms with van der Waals surface area (Å²) in [4.78, 5) is 8.35. The average molecular weight is 261 g/mol. The molecule has 0 N–H and O–H groups in total. The van der Waals surface area contributed by atoms with Gasteiger partial charge >= 0.3 is 0 Å². The molecule has 0 radical (unpaired) electrons. The van der Waals surface area contributed by atoms with Crippen molar-refractivity contribution in [3.05, 3.63) is 24.8 Å². The number of fused-ring (bicyclic) bond motifs is 1. The lowest BCUT2D eigenvalue weighted by atomic mass is 10.2. The second-order valence-electron chi connectivity index (χ2n) is 5.00. The van der Waals surface area contributed by atoms with Crippen molar-refractivity contribution in [2.45, 2.75) is 38.5 Å². The third-order valence-electron chi connectivity index (χ3n) is 3.51. The summed E-state index contributed by atoms with van der Waals surface area (Å²) in [7, 11) is 0. The highest BCUT2D eigenvalue weighted by Gasteiger charge is 2.16. The summed E-state index contributed by atoms with van der Waals surface area (Å²) < 4.78 is 13.5. The Bertz CT molecular complexity index is 534. The molecule has 2 aromatic heterocycles. The van der Waals surface area contributed by atoms with Crippen molar-refractivity contribution in [1.29, 1.82) is 0 Å². The fourth-order valence-electron chi connectivity index (χ4n) is 2.42. The zero-order valence-electron chi connectivity index (χ0n) is 11.2. The van der Waals surface area contributed by atoms with Crippen LogP contribution in [0.4, 0.5) is 0 Å². The Hall–Kier alpha value is -1.46. The number of ether oxygens (including phenoxy) is 2. The predicted molar refractivity (Wildman–Crippen MR) is 71.8 cm³/mol. The smallest absolute Gasteiger partial charge is 0.157 e. The van der Waals surface area contributed by atoms with Crippen LogP contribution in [0.25, 0.3) is 11.0 Å². The molecular weight excluding hydrogens is 242 g/mol. The summed E-state index contributed by atoms with van der Waals surface area (Å²) in [5, 5.41) is 1.06. The van der Waals surface area contributed by atoms with Gasteiger partial charge in [0.1, 0.15) is 12.0 Å². The molecule has 102 valence electrons. The van der Waals surface area contributed by atoms with E-state index in [0.29, 0.717) is 6.61 Å². The summed E-state index contributed by atoms with van der Waals surface area (Å²) >= 11 is 0. The molecule has 1 saturated heterocycles. The van der Waals surface area contributed by atoms with Gasteiger partial charge in [-0.25, -0.2) is 9.97 Å². The SMILES string of the molecule is C[C@H](CO[C@H]1CCCCO1)n1ccc2cncnc21. The Labute approximate surface area is 112 Å². The highest BCUT2D eigenvalue weighted by molar-refractivity contribution is 5.74. The molecule has 0 aromatic carbocycles. The molecule has 0 spiro atoms. The van der Waals surface area contributed by atoms with Crippen LogP contribution in [0.2, 0.25) is 0 Å². The first-order valence-corrected chi connectivity index (χ1v) is 6.84. The minimum atomic E-state index is -0.0346. The van der Waals surface area contributed by atoms with Gasteiger partial charge in [0.25, 0.3) is 0 Å². The average Bonchev–Trinajstić information content (AvgIpc) is 2.90. The maximum Gasteiger partial charge on any atom is 0.157 e. The lowest BCUT2D eigenvalue weighted by Gasteiger charge is -2.24. The predicted octanol–water partition coefficient (Wildman–Crippen LogP) is 2.54. The van der Waals surface area contributed by atoms with E-state index in [1.54, 1.807) is 6.33 Å². The lowest BCUT2D eigenvalue weighted by molar-refractivity contribution is -0.166. The van der Waals surface area contributed by atoms with E-state index in [1.807, 2.05) is 18.5 Å². The maximum atomic E-state index is 5.83. The summed E-state index contributed by atoms with van der Waals surface area (Å²) in [5.74, 6) is 0. The molecule has 3 rings (SSSR count). The van der Waals surface area contributed by atoms with Crippen LogP contribution in [0.15, 0.2) is 24.8 Å². The second kappa shape index (κ2) is 5.67. The normalized spacial score (nSPS) is 21.6. The summed E-state index contributed by atoms with van der Waals surface area (Å²) in [6.07, 6.45) is 8.75. The molecule has 0 saturated carbocycles. The van der Waals surface area contributed by atoms with Gasteiger partial charge in [-0.15, -0.1) is 0 Å². The van der Waals surface area contributed by atoms with E-state index in [4.69, 9.17) is 9.47 Å². The Kier molecular flexibility index (Phi) is 3.75. The number of hydrogen-bond donors (Lipinski definition) is 0. The molecule has 0 aliphatic carbocycles. The quantitative estimate of drug-likeness (QED) is 0.848. The standard InChI is InChI=1S/C14H19N3O2/c1-11(9-19-13-4-2-3-7-18-13)17-6-5-12-8-15-10-16-14(12)17/h5-6,8,10-11,13H,2-4,7,9H2,1H3/t11-,13+/m1/s1. The summed E-state index contributed by atoms with van der Waals surface area (Å²) in [6.45, 7) is 3.58. The zero-order chi connectivity index (χ0) is 13.1. The topological polar surface area (TPSA) is 49.2 Å². The van der Waals surface area contributed by atoms with Gasteiger partial charge in [-0.1, -0.05) is 0 Å². The van der Waals surface area contributed by atoms with Crippen molar-refractivity contribution in [1.82, 2.24) is 14.5 Å². The van der Waals surface area contributed by atoms with Gasteiger partial charge < -0.3 is 14.0 Å². The van der Waals surface area contributed by atoms with E-state index < -0.39 is 0 Å². The third-order valence-corrected chi connectivity index (χ3v) is 3.51. The van der Waals surface area contributed by atoms with Crippen LogP contribution < -0.4 is 0 Å². The highest BCUT2D eigenvalue weighted by Crippen LogP contribution is 2.19. The number of nitrogens with zero attached hydrogens (tertiary/aromatic N) is 3. The minimum absolute atomic E-state index is 0.0346. The Balaban J connectivity index is 1.64. The van der Waals surface area contributed by atoms with Crippen LogP contribution in [-0.4, -0.2) is 34.0 Å². The van der Waals surface area contributed by atoms with Gasteiger partial charge in [-0.3, -0.25) is 0 Å². The van der Waals surface area contributed by atoms with Gasteiger partial charge in [0.15, 0.2) is 6.29 Å². The van der Waals surface area contributed by atoms with E-state index in [9.17, 15) is 0 Å². The lowest BCUT2D eigenvalue weighted by Crippen LogP contribution is -2.25. The van der Waals surface area contributed by atoms with Crippen molar-refractivity contribution in [2.75, 3.05) is 13.2 Å². The zero-order valence-corrected chi connectivity index (χ0v) is 11.2. The van der Waals surface area contributed by atoms with Crippen molar-refractivity contribution in [2.24, 2.45) is 0 Å². The molecule has 0 amide bonds. The van der Waals surface area contributed by atoms with Crippen LogP contribution >= 0.6 is 0 Å². The van der Waals surface area contributed by atoms with E-state index in [0.717, 1.165) is 30.5 Å². The molecule has 1 aliphatic heterocycles. The largest absolute Gasteiger partial charge is 0.353 e. The van der Waals surface area contributed by atoms with Gasteiger partial charge in [0.05, 0.1) is 12.6 Å². The molecular formula is C14H19N3O2. The van der Waals surface area contributed by atoms with Crippen LogP contribution in [0.5, 0.6) is 0 Å². The van der Waals surface area contributed by atoms with E-state index in [-0.39, 0.29) is 12.3 Å². The first-order chi connectivity index (χ1) is 9.34. The maximum absolute atomic E-state index is 5.83. The third kappa shape index (κ3) is 2.77. The fraction of sp³-hybridized carbons (Fsp3) is 0.571. The first kappa shape index (κ1) is 12.6. The van der Waals surface area contributed by atoms with E-state index in [1.165, 1.54) is 6.42 Å². The molecule has 19 heavy (non-hydrogen) atoms. The van der Waals surface area contributed by atoms with Gasteiger partial charge in [0, 0.05) is 24.4 Å². The molecule has 3 heterocycles. The van der Waals surface area contributed by atoms with Crippen LogP contribution in [0.3, 0.4) is 0 Å². The van der Waals surface area contributed by atoms with Gasteiger partial charge in [0.2, 0.25) is 0 Å². The monoisotopic (exact) mass is 261 g/mol. The molecule has 0 unspecified atom stereocenters. The van der Waals surface area contributed by atoms with Crippen molar-refractivity contribution in [3.63, 3.8) is 0 Å². The molecule has 5 heteroatoms. The Morgan fingerprint density at radius 3 is 3.32 bits per heavy atom. The Morgan fingerprint density at radius 2 is 2.47 bits per heavy atom. The van der Waals surface area contributed by atoms with Crippen molar-refractivity contribution >= 4 is 11.0 Å². The fourth-order valence-corrected chi connectivity index (χ4v) is 2.42. The van der Waals surface area contributed by atoms with Crippen LogP contribution in [-0.2, 0) is 9.47 Å². The number of aromatic nitrogens is 3. The minimum Gasteiger partial charge on any atom is -0.353 e. The van der Waals surface area contributed by atoms with E-state index in [2.05, 4.69) is 21.5 Å². The molecule has 2 atom stereocenters. The van der Waals surface area contributed by atoms with Crippen molar-refractivity contribution < 1.29 is 9.47 Å². The number of rotatable bonds is 4. The summed E-state index contributed by atoms with van der Waals surface area (Å²) in [6, 6.07) is 2.26. The van der Waals surface area contributed by atoms with Crippen LogP contribution in [0.1, 0.15) is 32.2 Å².